The first-order valence-corrected chi connectivity index (χ1v) is 10.1. The fraction of sp³-hybridized carbons (Fsp3) is 0.619. The molecule has 0 radical (unpaired) electrons. The van der Waals surface area contributed by atoms with Crippen molar-refractivity contribution in [2.45, 2.75) is 57.5 Å². The third kappa shape index (κ3) is 4.19. The van der Waals surface area contributed by atoms with Gasteiger partial charge in [-0.2, -0.15) is 0 Å². The summed E-state index contributed by atoms with van der Waals surface area (Å²) < 4.78 is 6.02. The lowest BCUT2D eigenvalue weighted by Crippen LogP contribution is -2.42. The van der Waals surface area contributed by atoms with Crippen LogP contribution in [0, 0.1) is 11.8 Å². The minimum Gasteiger partial charge on any atom is -0.490 e. The molecule has 3 fully saturated rings. The molecule has 0 atom stereocenters. The van der Waals surface area contributed by atoms with Crippen molar-refractivity contribution in [2.24, 2.45) is 11.8 Å². The Labute approximate surface area is 155 Å². The molecule has 1 aromatic carbocycles. The first-order valence-electron chi connectivity index (χ1n) is 10.1. The first-order chi connectivity index (χ1) is 12.7. The Hall–Kier alpha value is -2.04. The molecule has 0 spiro atoms. The number of likely N-dealkylation sites (tertiary alicyclic amines) is 1. The van der Waals surface area contributed by atoms with Crippen molar-refractivity contribution in [3.05, 3.63) is 24.3 Å². The Morgan fingerprint density at radius 2 is 1.69 bits per heavy atom. The Bertz CT molecular complexity index is 657. The fourth-order valence-electron chi connectivity index (χ4n) is 4.04. The zero-order valence-corrected chi connectivity index (χ0v) is 15.3. The van der Waals surface area contributed by atoms with E-state index in [9.17, 15) is 9.59 Å². The molecule has 26 heavy (non-hydrogen) atoms. The molecule has 0 aromatic heterocycles. The van der Waals surface area contributed by atoms with Gasteiger partial charge in [-0.15, -0.1) is 0 Å². The summed E-state index contributed by atoms with van der Waals surface area (Å²) in [6.45, 7) is 1.41. The number of ether oxygens (including phenoxy) is 1. The molecule has 1 aromatic rings. The van der Waals surface area contributed by atoms with Crippen LogP contribution in [-0.2, 0) is 9.59 Å². The number of nitrogens with one attached hydrogen (secondary N) is 1. The average Bonchev–Trinajstić information content (AvgIpc) is 3.39. The smallest absolute Gasteiger partial charge is 0.227 e. The van der Waals surface area contributed by atoms with E-state index in [-0.39, 0.29) is 17.7 Å². The molecule has 140 valence electrons. The van der Waals surface area contributed by atoms with Gasteiger partial charge in [-0.1, -0.05) is 6.07 Å². The summed E-state index contributed by atoms with van der Waals surface area (Å²) in [6, 6.07) is 7.71. The number of carbonyl (C=O) groups excluding carboxylic acids is 2. The molecular weight excluding hydrogens is 328 g/mol. The van der Waals surface area contributed by atoms with Crippen molar-refractivity contribution in [2.75, 3.05) is 18.4 Å². The van der Waals surface area contributed by atoms with Gasteiger partial charge in [-0.3, -0.25) is 9.59 Å². The van der Waals surface area contributed by atoms with E-state index in [2.05, 4.69) is 5.32 Å². The van der Waals surface area contributed by atoms with Crippen LogP contribution in [0.3, 0.4) is 0 Å². The SMILES string of the molecule is O=C(Nc1cccc(OC2CCCC2)c1)C1CCN(C(=O)C2CC2)CC1. The number of piperidine rings is 1. The van der Waals surface area contributed by atoms with Gasteiger partial charge < -0.3 is 15.0 Å². The number of amides is 2. The highest BCUT2D eigenvalue weighted by atomic mass is 16.5. The van der Waals surface area contributed by atoms with Crippen LogP contribution >= 0.6 is 0 Å². The summed E-state index contributed by atoms with van der Waals surface area (Å²) >= 11 is 0. The lowest BCUT2D eigenvalue weighted by molar-refractivity contribution is -0.135. The van der Waals surface area contributed by atoms with Gasteiger partial charge in [0.15, 0.2) is 0 Å². The molecule has 5 heteroatoms. The molecule has 1 N–H and O–H groups in total. The number of hydrogen-bond acceptors (Lipinski definition) is 3. The van der Waals surface area contributed by atoms with Crippen LogP contribution < -0.4 is 10.1 Å². The monoisotopic (exact) mass is 356 g/mol. The molecule has 2 saturated carbocycles. The molecule has 1 aliphatic heterocycles. The minimum atomic E-state index is -0.0161. The Morgan fingerprint density at radius 3 is 2.38 bits per heavy atom. The second-order valence-electron chi connectivity index (χ2n) is 7.92. The summed E-state index contributed by atoms with van der Waals surface area (Å²) in [6.07, 6.45) is 8.62. The Kier molecular flexibility index (Phi) is 5.14. The van der Waals surface area contributed by atoms with Gasteiger partial charge >= 0.3 is 0 Å². The fourth-order valence-corrected chi connectivity index (χ4v) is 4.04. The molecule has 5 nitrogen and oxygen atoms in total. The molecule has 2 amide bonds. The third-order valence-electron chi connectivity index (χ3n) is 5.81. The number of rotatable bonds is 5. The van der Waals surface area contributed by atoms with E-state index in [1.807, 2.05) is 29.2 Å². The van der Waals surface area contributed by atoms with Crippen LogP contribution in [0.4, 0.5) is 5.69 Å². The summed E-state index contributed by atoms with van der Waals surface area (Å²) in [7, 11) is 0. The summed E-state index contributed by atoms with van der Waals surface area (Å²) in [5.41, 5.74) is 0.794. The highest BCUT2D eigenvalue weighted by molar-refractivity contribution is 5.93. The van der Waals surface area contributed by atoms with E-state index in [1.165, 1.54) is 12.8 Å². The maximum absolute atomic E-state index is 12.6. The van der Waals surface area contributed by atoms with Crippen LogP contribution in [0.15, 0.2) is 24.3 Å². The van der Waals surface area contributed by atoms with Gasteiger partial charge in [-0.25, -0.2) is 0 Å². The van der Waals surface area contributed by atoms with Gasteiger partial charge in [0.25, 0.3) is 0 Å². The number of anilines is 1. The molecule has 0 bridgehead atoms. The largest absolute Gasteiger partial charge is 0.490 e. The molecule has 0 unspecified atom stereocenters. The van der Waals surface area contributed by atoms with Crippen molar-refractivity contribution in [3.63, 3.8) is 0 Å². The Balaban J connectivity index is 1.28. The van der Waals surface area contributed by atoms with Crippen molar-refractivity contribution in [1.82, 2.24) is 4.90 Å². The number of benzene rings is 1. The highest BCUT2D eigenvalue weighted by Crippen LogP contribution is 2.32. The van der Waals surface area contributed by atoms with E-state index in [0.29, 0.717) is 25.1 Å². The van der Waals surface area contributed by atoms with E-state index in [0.717, 1.165) is 50.0 Å². The van der Waals surface area contributed by atoms with Gasteiger partial charge in [0.2, 0.25) is 11.8 Å². The highest BCUT2D eigenvalue weighted by Gasteiger charge is 2.36. The summed E-state index contributed by atoms with van der Waals surface area (Å²) in [4.78, 5) is 26.7. The van der Waals surface area contributed by atoms with Gasteiger partial charge in [-0.05, 0) is 63.5 Å². The summed E-state index contributed by atoms with van der Waals surface area (Å²) in [5.74, 6) is 1.43. The average molecular weight is 356 g/mol. The summed E-state index contributed by atoms with van der Waals surface area (Å²) in [5, 5.41) is 3.03. The zero-order valence-electron chi connectivity index (χ0n) is 15.3. The second kappa shape index (κ2) is 7.68. The van der Waals surface area contributed by atoms with Crippen molar-refractivity contribution in [3.8, 4) is 5.75 Å². The van der Waals surface area contributed by atoms with Gasteiger partial charge in [0, 0.05) is 36.7 Å². The predicted molar refractivity (Wildman–Crippen MR) is 100.0 cm³/mol. The maximum Gasteiger partial charge on any atom is 0.227 e. The lowest BCUT2D eigenvalue weighted by Gasteiger charge is -2.31. The second-order valence-corrected chi connectivity index (χ2v) is 7.92. The predicted octanol–water partition coefficient (Wildman–Crippen LogP) is 3.60. The van der Waals surface area contributed by atoms with E-state index >= 15 is 0 Å². The lowest BCUT2D eigenvalue weighted by atomic mass is 9.95. The van der Waals surface area contributed by atoms with Gasteiger partial charge in [0.1, 0.15) is 5.75 Å². The Morgan fingerprint density at radius 1 is 0.962 bits per heavy atom. The van der Waals surface area contributed by atoms with Crippen LogP contribution in [0.2, 0.25) is 0 Å². The van der Waals surface area contributed by atoms with E-state index in [4.69, 9.17) is 4.74 Å². The normalized spacial score (nSPS) is 21.6. The first kappa shape index (κ1) is 17.4. The number of nitrogens with zero attached hydrogens (tertiary/aromatic N) is 1. The molecule has 1 saturated heterocycles. The van der Waals surface area contributed by atoms with E-state index < -0.39 is 0 Å². The van der Waals surface area contributed by atoms with Crippen LogP contribution in [0.1, 0.15) is 51.4 Å². The quantitative estimate of drug-likeness (QED) is 0.877. The maximum atomic E-state index is 12.6. The van der Waals surface area contributed by atoms with Crippen LogP contribution in [0.25, 0.3) is 0 Å². The van der Waals surface area contributed by atoms with Crippen LogP contribution in [0.5, 0.6) is 5.75 Å². The topological polar surface area (TPSA) is 58.6 Å². The molecular formula is C21H28N2O3. The van der Waals surface area contributed by atoms with Gasteiger partial charge in [0.05, 0.1) is 6.10 Å². The number of hydrogen-bond donors (Lipinski definition) is 1. The number of carbonyl (C=O) groups is 2. The molecule has 4 rings (SSSR count). The van der Waals surface area contributed by atoms with Crippen LogP contribution in [-0.4, -0.2) is 35.9 Å². The van der Waals surface area contributed by atoms with E-state index in [1.54, 1.807) is 0 Å². The third-order valence-corrected chi connectivity index (χ3v) is 5.81. The standard InChI is InChI=1S/C21H28N2O3/c24-20(15-10-12-23(13-11-15)21(25)16-8-9-16)22-17-4-3-7-19(14-17)26-18-5-1-2-6-18/h3-4,7,14-16,18H,1-2,5-6,8-13H2,(H,22,24). The minimum absolute atomic E-state index is 0.0161. The zero-order chi connectivity index (χ0) is 17.9. The van der Waals surface area contributed by atoms with Crippen molar-refractivity contribution < 1.29 is 14.3 Å². The molecule has 1 heterocycles. The molecule has 2 aliphatic carbocycles. The molecule has 3 aliphatic rings. The van der Waals surface area contributed by atoms with Crippen molar-refractivity contribution in [1.29, 1.82) is 0 Å². The van der Waals surface area contributed by atoms with Crippen molar-refractivity contribution >= 4 is 17.5 Å².